The van der Waals surface area contributed by atoms with E-state index in [9.17, 15) is 4.79 Å². The third-order valence-corrected chi connectivity index (χ3v) is 3.25. The average molecular weight is 207 g/mol. The minimum Gasteiger partial charge on any atom is -0.294 e. The van der Waals surface area contributed by atoms with Crippen LogP contribution in [-0.2, 0) is 11.2 Å². The number of Topliss-reactive ketones (excluding diaryl/α,β-unsaturated/α-hetero) is 1. The van der Waals surface area contributed by atoms with Crippen molar-refractivity contribution in [1.29, 1.82) is 0 Å². The number of allylic oxidation sites excluding steroid dienone is 2. The van der Waals surface area contributed by atoms with E-state index < -0.39 is 0 Å². The first-order chi connectivity index (χ1) is 6.86. The van der Waals surface area contributed by atoms with Crippen molar-refractivity contribution in [2.24, 2.45) is 0 Å². The van der Waals surface area contributed by atoms with Crippen molar-refractivity contribution in [2.75, 3.05) is 0 Å². The fourth-order valence-electron chi connectivity index (χ4n) is 1.69. The monoisotopic (exact) mass is 207 g/mol. The minimum atomic E-state index is 0.286. The van der Waals surface area contributed by atoms with Crippen molar-refractivity contribution in [3.8, 4) is 0 Å². The lowest BCUT2D eigenvalue weighted by atomic mass is 9.95. The Morgan fingerprint density at radius 3 is 3.07 bits per heavy atom. The molecule has 0 radical (unpaired) electrons. The molecule has 2 rings (SSSR count). The molecule has 0 unspecified atom stereocenters. The van der Waals surface area contributed by atoms with Crippen molar-refractivity contribution in [3.05, 3.63) is 28.2 Å². The zero-order valence-electron chi connectivity index (χ0n) is 8.03. The number of carbonyl (C=O) groups excluding carboxylic acids is 1. The molecule has 1 aliphatic carbocycles. The van der Waals surface area contributed by atoms with Gasteiger partial charge in [0.2, 0.25) is 0 Å². The fraction of sp³-hybridized carbons (Fsp3) is 0.455. The molecule has 0 atom stereocenters. The van der Waals surface area contributed by atoms with Crippen LogP contribution in [0.2, 0.25) is 0 Å². The van der Waals surface area contributed by atoms with E-state index in [1.54, 1.807) is 23.0 Å². The quantitative estimate of drug-likeness (QED) is 0.762. The first-order valence-electron chi connectivity index (χ1n) is 4.96. The number of carbonyl (C=O) groups is 1. The maximum atomic E-state index is 11.8. The van der Waals surface area contributed by atoms with Gasteiger partial charge in [0.25, 0.3) is 0 Å². The van der Waals surface area contributed by atoms with Gasteiger partial charge in [-0.05, 0) is 31.3 Å². The van der Waals surface area contributed by atoms with Crippen LogP contribution in [0.1, 0.15) is 30.6 Å². The Kier molecular flexibility index (Phi) is 3.09. The van der Waals surface area contributed by atoms with Crippen LogP contribution in [0.15, 0.2) is 23.4 Å². The molecule has 1 aromatic rings. The van der Waals surface area contributed by atoms with Crippen LogP contribution in [0.5, 0.6) is 0 Å². The highest BCUT2D eigenvalue weighted by Gasteiger charge is 2.13. The number of hydrogen-bond donors (Lipinski definition) is 0. The molecule has 2 nitrogen and oxygen atoms in total. The predicted molar refractivity (Wildman–Crippen MR) is 57.4 cm³/mol. The van der Waals surface area contributed by atoms with E-state index in [4.69, 9.17) is 0 Å². The van der Waals surface area contributed by atoms with E-state index in [0.29, 0.717) is 6.42 Å². The largest absolute Gasteiger partial charge is 0.294 e. The van der Waals surface area contributed by atoms with Crippen LogP contribution in [0.25, 0.3) is 0 Å². The summed E-state index contributed by atoms with van der Waals surface area (Å²) in [6, 6.07) is 0. The summed E-state index contributed by atoms with van der Waals surface area (Å²) in [5.74, 6) is 0.286. The number of thiazole rings is 1. The average Bonchev–Trinajstić information content (AvgIpc) is 2.72. The van der Waals surface area contributed by atoms with E-state index in [-0.39, 0.29) is 5.78 Å². The smallest absolute Gasteiger partial charge is 0.163 e. The predicted octanol–water partition coefficient (Wildman–Crippen LogP) is 2.76. The van der Waals surface area contributed by atoms with Gasteiger partial charge in [-0.1, -0.05) is 6.08 Å². The Labute approximate surface area is 87.7 Å². The number of ketones is 1. The standard InChI is InChI=1S/C11H13NOS/c13-11(6-10-7-12-8-14-10)9-4-2-1-3-5-9/h4,7-8H,1-3,5-6H2. The van der Waals surface area contributed by atoms with Gasteiger partial charge in [-0.2, -0.15) is 0 Å². The first-order valence-corrected chi connectivity index (χ1v) is 5.84. The third-order valence-electron chi connectivity index (χ3n) is 2.47. The fourth-order valence-corrected chi connectivity index (χ4v) is 2.29. The molecule has 74 valence electrons. The second-order valence-corrected chi connectivity index (χ2v) is 4.51. The molecular formula is C11H13NOS. The Hall–Kier alpha value is -0.960. The van der Waals surface area contributed by atoms with Crippen LogP contribution in [0.3, 0.4) is 0 Å². The van der Waals surface area contributed by atoms with E-state index in [0.717, 1.165) is 23.3 Å². The third kappa shape index (κ3) is 2.29. The SMILES string of the molecule is O=C(Cc1cncs1)C1=CCCCC1. The molecule has 0 saturated carbocycles. The summed E-state index contributed by atoms with van der Waals surface area (Å²) in [5.41, 5.74) is 2.81. The Morgan fingerprint density at radius 2 is 2.43 bits per heavy atom. The van der Waals surface area contributed by atoms with Crippen LogP contribution in [0, 0.1) is 0 Å². The van der Waals surface area contributed by atoms with Gasteiger partial charge in [-0.3, -0.25) is 9.78 Å². The van der Waals surface area contributed by atoms with Gasteiger partial charge in [0, 0.05) is 17.5 Å². The number of nitrogens with zero attached hydrogens (tertiary/aromatic N) is 1. The summed E-state index contributed by atoms with van der Waals surface area (Å²) in [7, 11) is 0. The lowest BCUT2D eigenvalue weighted by molar-refractivity contribution is -0.115. The summed E-state index contributed by atoms with van der Waals surface area (Å²) in [5, 5.41) is 0. The summed E-state index contributed by atoms with van der Waals surface area (Å²) >= 11 is 1.56. The summed E-state index contributed by atoms with van der Waals surface area (Å²) in [4.78, 5) is 16.8. The van der Waals surface area contributed by atoms with Crippen LogP contribution < -0.4 is 0 Å². The molecule has 0 N–H and O–H groups in total. The van der Waals surface area contributed by atoms with Gasteiger partial charge in [-0.25, -0.2) is 0 Å². The second kappa shape index (κ2) is 4.51. The first kappa shape index (κ1) is 9.59. The minimum absolute atomic E-state index is 0.286. The highest BCUT2D eigenvalue weighted by Crippen LogP contribution is 2.20. The number of hydrogen-bond acceptors (Lipinski definition) is 3. The molecule has 0 amide bonds. The van der Waals surface area contributed by atoms with Crippen LogP contribution in [0.4, 0.5) is 0 Å². The van der Waals surface area contributed by atoms with Crippen molar-refractivity contribution in [1.82, 2.24) is 4.98 Å². The van der Waals surface area contributed by atoms with Crippen molar-refractivity contribution in [2.45, 2.75) is 32.1 Å². The summed E-state index contributed by atoms with van der Waals surface area (Å²) < 4.78 is 0. The van der Waals surface area contributed by atoms with Gasteiger partial charge in [0.05, 0.1) is 5.51 Å². The summed E-state index contributed by atoms with van der Waals surface area (Å²) in [6.07, 6.45) is 8.87. The number of aromatic nitrogens is 1. The molecule has 3 heteroatoms. The van der Waals surface area contributed by atoms with Gasteiger partial charge in [0.1, 0.15) is 0 Å². The Bertz CT molecular complexity index is 340. The molecule has 14 heavy (non-hydrogen) atoms. The summed E-state index contributed by atoms with van der Waals surface area (Å²) in [6.45, 7) is 0. The second-order valence-electron chi connectivity index (χ2n) is 3.54. The van der Waals surface area contributed by atoms with Gasteiger partial charge >= 0.3 is 0 Å². The molecule has 0 saturated heterocycles. The van der Waals surface area contributed by atoms with Gasteiger partial charge in [-0.15, -0.1) is 11.3 Å². The molecule has 0 aliphatic heterocycles. The van der Waals surface area contributed by atoms with E-state index in [1.807, 2.05) is 0 Å². The maximum absolute atomic E-state index is 11.8. The topological polar surface area (TPSA) is 30.0 Å². The Morgan fingerprint density at radius 1 is 1.50 bits per heavy atom. The highest BCUT2D eigenvalue weighted by molar-refractivity contribution is 7.09. The lowest BCUT2D eigenvalue weighted by Crippen LogP contribution is -2.08. The molecule has 0 fully saturated rings. The van der Waals surface area contributed by atoms with E-state index in [2.05, 4.69) is 11.1 Å². The molecule has 1 aliphatic rings. The zero-order chi connectivity index (χ0) is 9.80. The van der Waals surface area contributed by atoms with Crippen LogP contribution >= 0.6 is 11.3 Å². The van der Waals surface area contributed by atoms with E-state index >= 15 is 0 Å². The van der Waals surface area contributed by atoms with Gasteiger partial charge < -0.3 is 0 Å². The van der Waals surface area contributed by atoms with Crippen molar-refractivity contribution < 1.29 is 4.79 Å². The number of rotatable bonds is 3. The molecule has 0 aromatic carbocycles. The molecular weight excluding hydrogens is 194 g/mol. The van der Waals surface area contributed by atoms with Crippen LogP contribution in [-0.4, -0.2) is 10.8 Å². The normalized spacial score (nSPS) is 16.4. The Balaban J connectivity index is 1.98. The molecule has 0 spiro atoms. The maximum Gasteiger partial charge on any atom is 0.163 e. The van der Waals surface area contributed by atoms with E-state index in [1.165, 1.54) is 12.8 Å². The molecule has 0 bridgehead atoms. The zero-order valence-corrected chi connectivity index (χ0v) is 8.85. The van der Waals surface area contributed by atoms with Gasteiger partial charge in [0.15, 0.2) is 5.78 Å². The highest BCUT2D eigenvalue weighted by atomic mass is 32.1. The van der Waals surface area contributed by atoms with Crippen molar-refractivity contribution >= 4 is 17.1 Å². The molecule has 1 aromatic heterocycles. The molecule has 1 heterocycles. The van der Waals surface area contributed by atoms with Crippen molar-refractivity contribution in [3.63, 3.8) is 0 Å². The lowest BCUT2D eigenvalue weighted by Gasteiger charge is -2.10.